The van der Waals surface area contributed by atoms with Crippen LogP contribution in [0.4, 0.5) is 11.6 Å². The van der Waals surface area contributed by atoms with Crippen LogP contribution in [-0.2, 0) is 25.0 Å². The van der Waals surface area contributed by atoms with E-state index in [4.69, 9.17) is 4.74 Å². The summed E-state index contributed by atoms with van der Waals surface area (Å²) in [5.41, 5.74) is 1.12. The SMILES string of the molecule is O=S(=O)(O)c1ccccc1C=CC1C=CC(Nc2ccccc2)=C(Nc2ncncn2)C1(N1CCOCC1)S(=O)(=O)O. The number of ether oxygens (including phenoxy) is 1. The third kappa shape index (κ3) is 5.97. The zero-order chi connectivity index (χ0) is 29.8. The van der Waals surface area contributed by atoms with Crippen LogP contribution in [-0.4, -0.2) is 77.0 Å². The van der Waals surface area contributed by atoms with Crippen molar-refractivity contribution in [2.24, 2.45) is 5.92 Å². The first-order valence-electron chi connectivity index (χ1n) is 12.8. The van der Waals surface area contributed by atoms with E-state index in [2.05, 4.69) is 25.6 Å². The lowest BCUT2D eigenvalue weighted by atomic mass is 9.87. The molecule has 15 heteroatoms. The number of anilines is 2. The fourth-order valence-electron chi connectivity index (χ4n) is 5.11. The van der Waals surface area contributed by atoms with Crippen LogP contribution in [0.1, 0.15) is 5.56 Å². The predicted molar refractivity (Wildman–Crippen MR) is 155 cm³/mol. The maximum absolute atomic E-state index is 13.8. The number of rotatable bonds is 9. The molecule has 0 saturated carbocycles. The topological polar surface area (TPSA) is 184 Å². The second-order valence-corrected chi connectivity index (χ2v) is 12.4. The van der Waals surface area contributed by atoms with Crippen LogP contribution in [0.5, 0.6) is 0 Å². The van der Waals surface area contributed by atoms with Gasteiger partial charge < -0.3 is 15.4 Å². The molecule has 1 aromatic heterocycles. The maximum atomic E-state index is 13.8. The van der Waals surface area contributed by atoms with Gasteiger partial charge in [-0.05, 0) is 29.8 Å². The summed E-state index contributed by atoms with van der Waals surface area (Å²) in [6.07, 6.45) is 8.61. The first-order valence-corrected chi connectivity index (χ1v) is 15.7. The summed E-state index contributed by atoms with van der Waals surface area (Å²) < 4.78 is 78.0. The van der Waals surface area contributed by atoms with Crippen molar-refractivity contribution in [2.75, 3.05) is 36.9 Å². The van der Waals surface area contributed by atoms with Crippen LogP contribution in [0.15, 0.2) is 102 Å². The lowest BCUT2D eigenvalue weighted by molar-refractivity contribution is 0.00521. The first kappa shape index (κ1) is 29.5. The van der Waals surface area contributed by atoms with Crippen LogP contribution < -0.4 is 10.6 Å². The van der Waals surface area contributed by atoms with Crippen LogP contribution in [0.3, 0.4) is 0 Å². The number of benzene rings is 2. The minimum atomic E-state index is -5.00. The number of hydrogen-bond donors (Lipinski definition) is 4. The molecule has 42 heavy (non-hydrogen) atoms. The lowest BCUT2D eigenvalue weighted by Crippen LogP contribution is -2.64. The van der Waals surface area contributed by atoms with Crippen LogP contribution >= 0.6 is 0 Å². The van der Waals surface area contributed by atoms with Gasteiger partial charge in [-0.1, -0.05) is 54.6 Å². The molecule has 0 spiro atoms. The Morgan fingerprint density at radius 3 is 2.26 bits per heavy atom. The molecule has 0 radical (unpaired) electrons. The van der Waals surface area contributed by atoms with E-state index in [-0.39, 0.29) is 48.4 Å². The molecule has 220 valence electrons. The molecule has 2 unspecified atom stereocenters. The molecule has 2 aliphatic rings. The Balaban J connectivity index is 1.73. The second kappa shape index (κ2) is 12.1. The van der Waals surface area contributed by atoms with Gasteiger partial charge in [0.15, 0.2) is 0 Å². The molecular formula is C27H28N6O7S2. The smallest absolute Gasteiger partial charge is 0.295 e. The van der Waals surface area contributed by atoms with Gasteiger partial charge in [-0.3, -0.25) is 14.0 Å². The number of allylic oxidation sites excluding steroid dienone is 1. The zero-order valence-electron chi connectivity index (χ0n) is 22.1. The van der Waals surface area contributed by atoms with Crippen LogP contribution in [0, 0.1) is 5.92 Å². The zero-order valence-corrected chi connectivity index (χ0v) is 23.7. The number of nitrogens with zero attached hydrogens (tertiary/aromatic N) is 4. The molecule has 1 aliphatic heterocycles. The van der Waals surface area contributed by atoms with Crippen LogP contribution in [0.25, 0.3) is 6.08 Å². The Labute approximate surface area is 243 Å². The average Bonchev–Trinajstić information content (AvgIpc) is 2.98. The molecule has 0 bridgehead atoms. The highest BCUT2D eigenvalue weighted by Gasteiger charge is 2.58. The molecule has 2 aromatic carbocycles. The van der Waals surface area contributed by atoms with E-state index in [0.29, 0.717) is 11.4 Å². The Bertz CT molecular complexity index is 1730. The van der Waals surface area contributed by atoms with Crippen molar-refractivity contribution in [1.82, 2.24) is 19.9 Å². The fourth-order valence-corrected chi connectivity index (χ4v) is 7.22. The number of hydrogen-bond acceptors (Lipinski definition) is 11. The van der Waals surface area contributed by atoms with Gasteiger partial charge >= 0.3 is 0 Å². The molecule has 1 aliphatic carbocycles. The Morgan fingerprint density at radius 1 is 0.929 bits per heavy atom. The molecule has 0 amide bonds. The molecule has 13 nitrogen and oxygen atoms in total. The third-order valence-electron chi connectivity index (χ3n) is 6.89. The molecule has 1 saturated heterocycles. The number of morpholine rings is 1. The van der Waals surface area contributed by atoms with Crippen molar-refractivity contribution >= 4 is 37.9 Å². The van der Waals surface area contributed by atoms with Gasteiger partial charge in [-0.2, -0.15) is 16.8 Å². The quantitative estimate of drug-likeness (QED) is 0.259. The summed E-state index contributed by atoms with van der Waals surface area (Å²) in [5.74, 6) is -1.05. The summed E-state index contributed by atoms with van der Waals surface area (Å²) in [6.45, 7) is 0.675. The third-order valence-corrected chi connectivity index (χ3v) is 9.34. The minimum Gasteiger partial charge on any atom is -0.379 e. The lowest BCUT2D eigenvalue weighted by Gasteiger charge is -2.49. The normalized spacial score (nSPS) is 21.9. The van der Waals surface area contributed by atoms with Gasteiger partial charge in [-0.15, -0.1) is 0 Å². The van der Waals surface area contributed by atoms with Crippen molar-refractivity contribution in [3.8, 4) is 0 Å². The maximum Gasteiger partial charge on any atom is 0.295 e. The van der Waals surface area contributed by atoms with Crippen molar-refractivity contribution < 1.29 is 30.7 Å². The van der Waals surface area contributed by atoms with Gasteiger partial charge in [-0.25, -0.2) is 15.0 Å². The summed E-state index contributed by atoms with van der Waals surface area (Å²) in [7, 11) is -9.58. The molecule has 3 aromatic rings. The molecule has 4 N–H and O–H groups in total. The summed E-state index contributed by atoms with van der Waals surface area (Å²) >= 11 is 0. The Kier molecular flexibility index (Phi) is 8.49. The highest BCUT2D eigenvalue weighted by molar-refractivity contribution is 7.87. The van der Waals surface area contributed by atoms with E-state index in [1.54, 1.807) is 35.3 Å². The van der Waals surface area contributed by atoms with E-state index >= 15 is 0 Å². The second-order valence-electron chi connectivity index (χ2n) is 9.39. The summed E-state index contributed by atoms with van der Waals surface area (Å²) in [5, 5.41) is 6.25. The Morgan fingerprint density at radius 2 is 1.60 bits per heavy atom. The predicted octanol–water partition coefficient (Wildman–Crippen LogP) is 2.67. The number of nitrogens with one attached hydrogen (secondary N) is 2. The van der Waals surface area contributed by atoms with E-state index in [0.717, 1.165) is 0 Å². The van der Waals surface area contributed by atoms with Gasteiger partial charge in [0.1, 0.15) is 17.6 Å². The van der Waals surface area contributed by atoms with E-state index in [9.17, 15) is 25.9 Å². The Hall–Kier alpha value is -3.99. The van der Waals surface area contributed by atoms with Crippen molar-refractivity contribution in [3.05, 3.63) is 102 Å². The highest BCUT2D eigenvalue weighted by Crippen LogP contribution is 2.44. The average molecular weight is 613 g/mol. The summed E-state index contributed by atoms with van der Waals surface area (Å²) in [6, 6.07) is 14.8. The largest absolute Gasteiger partial charge is 0.379 e. The minimum absolute atomic E-state index is 0.0298. The molecule has 1 fully saturated rings. The van der Waals surface area contributed by atoms with Crippen LogP contribution in [0.2, 0.25) is 0 Å². The van der Waals surface area contributed by atoms with Gasteiger partial charge in [0.05, 0.1) is 24.6 Å². The molecule has 2 heterocycles. The van der Waals surface area contributed by atoms with E-state index in [1.807, 2.05) is 18.2 Å². The number of aromatic nitrogens is 3. The van der Waals surface area contributed by atoms with E-state index < -0.39 is 31.0 Å². The molecule has 2 atom stereocenters. The van der Waals surface area contributed by atoms with E-state index in [1.165, 1.54) is 43.0 Å². The summed E-state index contributed by atoms with van der Waals surface area (Å²) in [4.78, 5) is 11.1. The monoisotopic (exact) mass is 612 g/mol. The standard InChI is InChI=1S/C27H28N6O7S2/c34-41(35,36)24-9-5-4-6-20(24)10-11-21-12-13-23(31-22-7-2-1-3-8-22)25(32-26-29-18-28-19-30-26)27(21,42(37,38)39)33-14-16-40-17-15-33/h1-13,18-19,21,31H,14-17H2,(H,34,35,36)(H,37,38,39)(H,28,29,30,32). The van der Waals surface area contributed by atoms with Crippen molar-refractivity contribution in [2.45, 2.75) is 9.77 Å². The molecule has 5 rings (SSSR count). The van der Waals surface area contributed by atoms with Gasteiger partial charge in [0, 0.05) is 24.7 Å². The molecular weight excluding hydrogens is 584 g/mol. The van der Waals surface area contributed by atoms with Gasteiger partial charge in [0.2, 0.25) is 10.8 Å². The number of para-hydroxylation sites is 1. The highest BCUT2D eigenvalue weighted by atomic mass is 32.2. The van der Waals surface area contributed by atoms with Crippen molar-refractivity contribution in [3.63, 3.8) is 0 Å². The fraction of sp³-hybridized carbons (Fsp3) is 0.222. The van der Waals surface area contributed by atoms with Crippen molar-refractivity contribution in [1.29, 1.82) is 0 Å². The van der Waals surface area contributed by atoms with Gasteiger partial charge in [0.25, 0.3) is 20.2 Å². The first-order chi connectivity index (χ1) is 20.1.